The Morgan fingerprint density at radius 1 is 1.25 bits per heavy atom. The zero-order valence-electron chi connectivity index (χ0n) is 11.1. The normalized spacial score (nSPS) is 10.9. The number of fused-ring (bicyclic) bond motifs is 3. The van der Waals surface area contributed by atoms with Gasteiger partial charge in [-0.1, -0.05) is 24.3 Å². The topological polar surface area (TPSA) is 72.1 Å². The molecule has 0 unspecified atom stereocenters. The van der Waals surface area contributed by atoms with Crippen LogP contribution in [0, 0.1) is 6.92 Å². The summed E-state index contributed by atoms with van der Waals surface area (Å²) >= 11 is 0. The number of hydrogen-bond acceptors (Lipinski definition) is 4. The molecule has 0 fully saturated rings. The molecule has 1 N–H and O–H groups in total. The predicted molar refractivity (Wildman–Crippen MR) is 75.9 cm³/mol. The van der Waals surface area contributed by atoms with E-state index in [9.17, 15) is 9.59 Å². The van der Waals surface area contributed by atoms with E-state index in [-0.39, 0.29) is 5.56 Å². The largest absolute Gasteiger partial charge is 0.465 e. The number of ether oxygens (including phenoxy) is 1. The van der Waals surface area contributed by atoms with Crippen LogP contribution in [-0.2, 0) is 4.74 Å². The van der Waals surface area contributed by atoms with Crippen LogP contribution >= 0.6 is 0 Å². The van der Waals surface area contributed by atoms with E-state index in [2.05, 4.69) is 9.97 Å². The van der Waals surface area contributed by atoms with Gasteiger partial charge in [-0.25, -0.2) is 9.78 Å². The Labute approximate surface area is 114 Å². The summed E-state index contributed by atoms with van der Waals surface area (Å²) in [5.74, 6) is -0.440. The van der Waals surface area contributed by atoms with Gasteiger partial charge in [0.2, 0.25) is 0 Å². The highest BCUT2D eigenvalue weighted by molar-refractivity contribution is 6.13. The lowest BCUT2D eigenvalue weighted by atomic mass is 10.0. The first-order chi connectivity index (χ1) is 9.61. The first kappa shape index (κ1) is 12.3. The molecule has 0 spiro atoms. The van der Waals surface area contributed by atoms with Gasteiger partial charge >= 0.3 is 5.97 Å². The molecule has 0 aliphatic carbocycles. The molecule has 5 nitrogen and oxygen atoms in total. The van der Waals surface area contributed by atoms with Crippen LogP contribution in [0.3, 0.4) is 0 Å². The van der Waals surface area contributed by atoms with E-state index in [1.54, 1.807) is 13.0 Å². The lowest BCUT2D eigenvalue weighted by Gasteiger charge is -2.08. The Hall–Kier alpha value is -2.69. The van der Waals surface area contributed by atoms with Gasteiger partial charge in [0.1, 0.15) is 5.69 Å². The Balaban J connectivity index is 2.54. The fourth-order valence-electron chi connectivity index (χ4n) is 2.29. The summed E-state index contributed by atoms with van der Waals surface area (Å²) in [5, 5.41) is 1.57. The summed E-state index contributed by atoms with van der Waals surface area (Å²) < 4.78 is 4.80. The zero-order valence-corrected chi connectivity index (χ0v) is 11.1. The highest BCUT2D eigenvalue weighted by atomic mass is 16.5. The average molecular weight is 268 g/mol. The number of aryl methyl sites for hydroxylation is 1. The molecule has 3 rings (SSSR count). The van der Waals surface area contributed by atoms with Crippen molar-refractivity contribution in [3.63, 3.8) is 0 Å². The third kappa shape index (κ3) is 1.75. The van der Waals surface area contributed by atoms with E-state index in [1.807, 2.05) is 24.3 Å². The molecule has 100 valence electrons. The van der Waals surface area contributed by atoms with E-state index in [4.69, 9.17) is 4.74 Å². The maximum absolute atomic E-state index is 11.9. The molecule has 2 aromatic carbocycles. The van der Waals surface area contributed by atoms with Crippen molar-refractivity contribution in [1.82, 2.24) is 9.97 Å². The fourth-order valence-corrected chi connectivity index (χ4v) is 2.29. The van der Waals surface area contributed by atoms with E-state index >= 15 is 0 Å². The summed E-state index contributed by atoms with van der Waals surface area (Å²) in [6.07, 6.45) is 0. The number of aromatic nitrogens is 2. The van der Waals surface area contributed by atoms with Gasteiger partial charge in [-0.2, -0.15) is 0 Å². The van der Waals surface area contributed by atoms with Gasteiger partial charge in [0.05, 0.1) is 23.7 Å². The SMILES string of the molecule is COC(=O)c1cc2[nH]c(=O)c(C)nc2c2ccccc12. The van der Waals surface area contributed by atoms with Crippen LogP contribution in [0.1, 0.15) is 16.1 Å². The molecule has 3 aromatic rings. The number of aromatic amines is 1. The van der Waals surface area contributed by atoms with Crippen LogP contribution in [0.2, 0.25) is 0 Å². The maximum atomic E-state index is 11.9. The molecule has 0 atom stereocenters. The summed E-state index contributed by atoms with van der Waals surface area (Å²) in [6.45, 7) is 1.65. The molecule has 0 saturated carbocycles. The summed E-state index contributed by atoms with van der Waals surface area (Å²) in [6, 6.07) is 9.03. The fraction of sp³-hybridized carbons (Fsp3) is 0.133. The van der Waals surface area contributed by atoms with Crippen LogP contribution < -0.4 is 5.56 Å². The minimum atomic E-state index is -0.440. The van der Waals surface area contributed by atoms with Crippen molar-refractivity contribution in [1.29, 1.82) is 0 Å². The van der Waals surface area contributed by atoms with Gasteiger partial charge in [0, 0.05) is 5.39 Å². The number of hydrogen-bond donors (Lipinski definition) is 1. The number of nitrogens with one attached hydrogen (secondary N) is 1. The molecular formula is C15H12N2O3. The van der Waals surface area contributed by atoms with Crippen molar-refractivity contribution in [2.24, 2.45) is 0 Å². The minimum absolute atomic E-state index is 0.261. The molecule has 0 aliphatic rings. The molecule has 0 aliphatic heterocycles. The van der Waals surface area contributed by atoms with Crippen molar-refractivity contribution in [2.75, 3.05) is 7.11 Å². The van der Waals surface area contributed by atoms with Crippen molar-refractivity contribution in [3.05, 3.63) is 51.9 Å². The number of benzene rings is 2. The number of nitrogens with zero attached hydrogens (tertiary/aromatic N) is 1. The number of rotatable bonds is 1. The number of methoxy groups -OCH3 is 1. The van der Waals surface area contributed by atoms with Crippen LogP contribution in [0.5, 0.6) is 0 Å². The molecule has 0 saturated heterocycles. The second kappa shape index (κ2) is 4.45. The number of H-pyrrole nitrogens is 1. The Kier molecular flexibility index (Phi) is 2.75. The van der Waals surface area contributed by atoms with Crippen molar-refractivity contribution in [2.45, 2.75) is 6.92 Å². The van der Waals surface area contributed by atoms with Gasteiger partial charge in [-0.15, -0.1) is 0 Å². The van der Waals surface area contributed by atoms with Crippen molar-refractivity contribution >= 4 is 27.8 Å². The smallest absolute Gasteiger partial charge is 0.338 e. The molecule has 1 heterocycles. The first-order valence-corrected chi connectivity index (χ1v) is 6.12. The molecule has 5 heteroatoms. The van der Waals surface area contributed by atoms with Crippen molar-refractivity contribution < 1.29 is 9.53 Å². The van der Waals surface area contributed by atoms with Gasteiger partial charge in [-0.05, 0) is 18.4 Å². The molecule has 1 aromatic heterocycles. The Morgan fingerprint density at radius 3 is 2.65 bits per heavy atom. The lowest BCUT2D eigenvalue weighted by molar-refractivity contribution is 0.0603. The average Bonchev–Trinajstić information content (AvgIpc) is 2.47. The van der Waals surface area contributed by atoms with Crippen LogP contribution in [0.25, 0.3) is 21.8 Å². The summed E-state index contributed by atoms with van der Waals surface area (Å²) in [4.78, 5) is 30.7. The molecule has 0 amide bonds. The van der Waals surface area contributed by atoms with E-state index in [1.165, 1.54) is 7.11 Å². The lowest BCUT2D eigenvalue weighted by Crippen LogP contribution is -2.12. The Bertz CT molecular complexity index is 897. The quantitative estimate of drug-likeness (QED) is 0.542. The van der Waals surface area contributed by atoms with Crippen LogP contribution in [0.4, 0.5) is 0 Å². The monoisotopic (exact) mass is 268 g/mol. The minimum Gasteiger partial charge on any atom is -0.465 e. The Morgan fingerprint density at radius 2 is 1.95 bits per heavy atom. The van der Waals surface area contributed by atoms with Gasteiger partial charge < -0.3 is 9.72 Å². The third-order valence-electron chi connectivity index (χ3n) is 3.28. The second-order valence-corrected chi connectivity index (χ2v) is 4.51. The molecular weight excluding hydrogens is 256 g/mol. The maximum Gasteiger partial charge on any atom is 0.338 e. The summed E-state index contributed by atoms with van der Waals surface area (Å²) in [7, 11) is 1.33. The standard InChI is InChI=1S/C15H12N2O3/c1-8-14(18)17-12-7-11(15(19)20-2)9-5-3-4-6-10(9)13(12)16-8/h3-7H,1-2H3,(H,17,18). The molecule has 0 radical (unpaired) electrons. The zero-order chi connectivity index (χ0) is 14.3. The third-order valence-corrected chi connectivity index (χ3v) is 3.28. The number of carbonyl (C=O) groups is 1. The molecule has 0 bridgehead atoms. The molecule has 20 heavy (non-hydrogen) atoms. The van der Waals surface area contributed by atoms with Crippen LogP contribution in [0.15, 0.2) is 35.1 Å². The second-order valence-electron chi connectivity index (χ2n) is 4.51. The number of esters is 1. The first-order valence-electron chi connectivity index (χ1n) is 6.12. The van der Waals surface area contributed by atoms with Gasteiger partial charge in [0.25, 0.3) is 5.56 Å². The number of carbonyl (C=O) groups excluding carboxylic acids is 1. The van der Waals surface area contributed by atoms with E-state index in [0.29, 0.717) is 22.3 Å². The van der Waals surface area contributed by atoms with E-state index in [0.717, 1.165) is 10.8 Å². The highest BCUT2D eigenvalue weighted by Crippen LogP contribution is 2.26. The summed E-state index contributed by atoms with van der Waals surface area (Å²) in [5.41, 5.74) is 1.75. The predicted octanol–water partition coefficient (Wildman–Crippen LogP) is 2.17. The van der Waals surface area contributed by atoms with Crippen molar-refractivity contribution in [3.8, 4) is 0 Å². The van der Waals surface area contributed by atoms with Gasteiger partial charge in [0.15, 0.2) is 0 Å². The van der Waals surface area contributed by atoms with Gasteiger partial charge in [-0.3, -0.25) is 4.79 Å². The highest BCUT2D eigenvalue weighted by Gasteiger charge is 2.14. The van der Waals surface area contributed by atoms with Crippen LogP contribution in [-0.4, -0.2) is 23.0 Å². The van der Waals surface area contributed by atoms with E-state index < -0.39 is 5.97 Å².